The molecule has 0 atom stereocenters. The summed E-state index contributed by atoms with van der Waals surface area (Å²) in [5, 5.41) is 4.48. The number of hydrogen-bond acceptors (Lipinski definition) is 2. The van der Waals surface area contributed by atoms with Gasteiger partial charge in [0.05, 0.1) is 5.52 Å². The Hall–Kier alpha value is -6.32. The highest BCUT2D eigenvalue weighted by molar-refractivity contribution is 6.17. The summed E-state index contributed by atoms with van der Waals surface area (Å²) in [4.78, 5) is 0. The van der Waals surface area contributed by atoms with Gasteiger partial charge in [0, 0.05) is 32.8 Å². The lowest BCUT2D eigenvalue weighted by Gasteiger charge is -2.08. The van der Waals surface area contributed by atoms with Gasteiger partial charge in [-0.2, -0.15) is 0 Å². The van der Waals surface area contributed by atoms with Crippen molar-refractivity contribution in [3.8, 4) is 39.1 Å². The second kappa shape index (κ2) is 10.1. The topological polar surface area (TPSA) is 31.2 Å². The van der Waals surface area contributed by atoms with E-state index in [0.29, 0.717) is 0 Å². The Morgan fingerprint density at radius 1 is 0.362 bits per heavy atom. The molecule has 3 nitrogen and oxygen atoms in total. The summed E-state index contributed by atoms with van der Waals surface area (Å²) in [6.45, 7) is 0. The van der Waals surface area contributed by atoms with Crippen molar-refractivity contribution in [2.45, 2.75) is 0 Å². The van der Waals surface area contributed by atoms with Crippen LogP contribution in [0.5, 0.6) is 0 Å². The smallest absolute Gasteiger partial charge is 0.161 e. The number of benzene rings is 7. The Morgan fingerprint density at radius 3 is 1.72 bits per heavy atom. The molecule has 0 aliphatic heterocycles. The molecule has 3 heterocycles. The predicted molar refractivity (Wildman–Crippen MR) is 194 cm³/mol. The van der Waals surface area contributed by atoms with Crippen LogP contribution in [0.1, 0.15) is 0 Å². The van der Waals surface area contributed by atoms with Crippen molar-refractivity contribution in [1.82, 2.24) is 4.57 Å². The summed E-state index contributed by atoms with van der Waals surface area (Å²) in [5.74, 6) is 0. The van der Waals surface area contributed by atoms with Crippen molar-refractivity contribution < 1.29 is 8.83 Å². The molecule has 10 rings (SSSR count). The zero-order chi connectivity index (χ0) is 30.9. The van der Waals surface area contributed by atoms with E-state index in [1.165, 1.54) is 11.1 Å². The van der Waals surface area contributed by atoms with E-state index in [-0.39, 0.29) is 0 Å². The molecule has 0 radical (unpaired) electrons. The molecule has 0 amide bonds. The van der Waals surface area contributed by atoms with E-state index in [1.54, 1.807) is 0 Å². The van der Waals surface area contributed by atoms with Crippen LogP contribution in [-0.2, 0) is 0 Å². The molecule has 3 heteroatoms. The Bertz CT molecular complexity index is 2760. The lowest BCUT2D eigenvalue weighted by Crippen LogP contribution is -1.92. The van der Waals surface area contributed by atoms with Gasteiger partial charge in [0.2, 0.25) is 0 Å². The van der Waals surface area contributed by atoms with Gasteiger partial charge in [-0.1, -0.05) is 115 Å². The van der Waals surface area contributed by atoms with Gasteiger partial charge in [0.15, 0.2) is 5.58 Å². The Morgan fingerprint density at radius 2 is 0.936 bits per heavy atom. The van der Waals surface area contributed by atoms with E-state index in [4.69, 9.17) is 8.83 Å². The normalized spacial score (nSPS) is 11.8. The van der Waals surface area contributed by atoms with Crippen molar-refractivity contribution in [2.75, 3.05) is 0 Å². The quantitative estimate of drug-likeness (QED) is 0.201. The summed E-state index contributed by atoms with van der Waals surface area (Å²) in [6.07, 6.45) is 0. The van der Waals surface area contributed by atoms with Gasteiger partial charge in [-0.3, -0.25) is 0 Å². The summed E-state index contributed by atoms with van der Waals surface area (Å²) in [6, 6.07) is 57.7. The molecule has 0 spiro atoms. The van der Waals surface area contributed by atoms with Crippen molar-refractivity contribution in [3.63, 3.8) is 0 Å². The van der Waals surface area contributed by atoms with E-state index in [0.717, 1.165) is 82.9 Å². The van der Waals surface area contributed by atoms with Gasteiger partial charge < -0.3 is 13.4 Å². The van der Waals surface area contributed by atoms with Gasteiger partial charge in [-0.25, -0.2) is 0 Å². The number of hydrogen-bond donors (Lipinski definition) is 0. The van der Waals surface area contributed by atoms with Crippen molar-refractivity contribution in [1.29, 1.82) is 0 Å². The van der Waals surface area contributed by atoms with Crippen molar-refractivity contribution in [3.05, 3.63) is 164 Å². The van der Waals surface area contributed by atoms with Gasteiger partial charge in [-0.15, -0.1) is 0 Å². The minimum Gasteiger partial charge on any atom is -0.455 e. The van der Waals surface area contributed by atoms with Crippen LogP contribution >= 0.6 is 0 Å². The lowest BCUT2D eigenvalue weighted by atomic mass is 9.97. The van der Waals surface area contributed by atoms with E-state index >= 15 is 0 Å². The number of aromatic nitrogens is 1. The monoisotopic (exact) mass is 601 g/mol. The first-order valence-electron chi connectivity index (χ1n) is 15.9. The Kier molecular flexibility index (Phi) is 5.57. The number of nitrogens with zero attached hydrogens (tertiary/aromatic N) is 1. The first kappa shape index (κ1) is 26.0. The lowest BCUT2D eigenvalue weighted by molar-refractivity contribution is 0.670. The zero-order valence-corrected chi connectivity index (χ0v) is 25.4. The van der Waals surface area contributed by atoms with Crippen molar-refractivity contribution in [2.24, 2.45) is 0 Å². The Balaban J connectivity index is 1.07. The second-order valence-corrected chi connectivity index (χ2v) is 12.1. The molecule has 0 saturated heterocycles. The average Bonchev–Trinajstić information content (AvgIpc) is 3.81. The highest BCUT2D eigenvalue weighted by Gasteiger charge is 2.20. The largest absolute Gasteiger partial charge is 0.455 e. The molecule has 0 aliphatic carbocycles. The number of furan rings is 2. The molecule has 0 fully saturated rings. The predicted octanol–water partition coefficient (Wildman–Crippen LogP) is 12.4. The summed E-state index contributed by atoms with van der Waals surface area (Å²) < 4.78 is 15.3. The summed E-state index contributed by atoms with van der Waals surface area (Å²) in [7, 11) is 0. The minimum absolute atomic E-state index is 0.887. The molecule has 0 bridgehead atoms. The highest BCUT2D eigenvalue weighted by Crippen LogP contribution is 2.41. The van der Waals surface area contributed by atoms with E-state index in [9.17, 15) is 0 Å². The minimum atomic E-state index is 0.887. The van der Waals surface area contributed by atoms with Gasteiger partial charge in [-0.05, 0) is 76.3 Å². The molecule has 0 unspecified atom stereocenters. The number of para-hydroxylation sites is 3. The average molecular weight is 602 g/mol. The molecule has 47 heavy (non-hydrogen) atoms. The fourth-order valence-corrected chi connectivity index (χ4v) is 7.17. The zero-order valence-electron chi connectivity index (χ0n) is 25.4. The number of fused-ring (bicyclic) bond motifs is 8. The maximum absolute atomic E-state index is 6.50. The number of rotatable bonds is 4. The van der Waals surface area contributed by atoms with Crippen LogP contribution in [0.2, 0.25) is 0 Å². The second-order valence-electron chi connectivity index (χ2n) is 12.1. The molecule has 220 valence electrons. The van der Waals surface area contributed by atoms with Crippen LogP contribution in [0.25, 0.3) is 94.0 Å². The van der Waals surface area contributed by atoms with E-state index in [2.05, 4.69) is 162 Å². The first-order chi connectivity index (χ1) is 23.3. The SMILES string of the molecule is c1ccc(-c2ccc3oc4c(-c5ccc(-c6ccc7oc8c9ccccc9n(-c9ccccc9)c8c7c6)cc5)cccc4c3c2)cc1. The maximum Gasteiger partial charge on any atom is 0.161 e. The molecule has 0 saturated carbocycles. The van der Waals surface area contributed by atoms with Crippen LogP contribution in [0, 0.1) is 0 Å². The standard InChI is InChI=1S/C44H27NO2/c1-3-10-28(11-4-1)31-22-24-40-37(26-31)35-16-9-15-34(43(35)46-40)30-20-18-29(19-21-30)32-23-25-41-38(27-32)42-44(47-41)36-14-7-8-17-39(36)45(42)33-12-5-2-6-13-33/h1-27H. The van der Waals surface area contributed by atoms with Crippen LogP contribution in [0.15, 0.2) is 173 Å². The van der Waals surface area contributed by atoms with E-state index < -0.39 is 0 Å². The highest BCUT2D eigenvalue weighted by atomic mass is 16.3. The molecule has 7 aromatic carbocycles. The fraction of sp³-hybridized carbons (Fsp3) is 0. The van der Waals surface area contributed by atoms with Crippen LogP contribution in [0.3, 0.4) is 0 Å². The third-order valence-electron chi connectivity index (χ3n) is 9.42. The fourth-order valence-electron chi connectivity index (χ4n) is 7.17. The molecular weight excluding hydrogens is 574 g/mol. The summed E-state index contributed by atoms with van der Waals surface area (Å²) in [5.41, 5.74) is 13.9. The van der Waals surface area contributed by atoms with E-state index in [1.807, 2.05) is 6.07 Å². The molecule has 0 N–H and O–H groups in total. The third-order valence-corrected chi connectivity index (χ3v) is 9.42. The maximum atomic E-state index is 6.50. The third kappa shape index (κ3) is 4.00. The first-order valence-corrected chi connectivity index (χ1v) is 15.9. The molecule has 3 aromatic heterocycles. The van der Waals surface area contributed by atoms with Gasteiger partial charge in [0.25, 0.3) is 0 Å². The van der Waals surface area contributed by atoms with Crippen molar-refractivity contribution >= 4 is 54.9 Å². The molecule has 0 aliphatic rings. The van der Waals surface area contributed by atoms with Crippen LogP contribution < -0.4 is 0 Å². The van der Waals surface area contributed by atoms with Gasteiger partial charge >= 0.3 is 0 Å². The molecule has 10 aromatic rings. The van der Waals surface area contributed by atoms with Crippen LogP contribution in [0.4, 0.5) is 0 Å². The Labute approximate surface area is 270 Å². The summed E-state index contributed by atoms with van der Waals surface area (Å²) >= 11 is 0. The van der Waals surface area contributed by atoms with Gasteiger partial charge in [0.1, 0.15) is 22.3 Å². The molecular formula is C44H27NO2. The van der Waals surface area contributed by atoms with Crippen LogP contribution in [-0.4, -0.2) is 4.57 Å².